The van der Waals surface area contributed by atoms with E-state index >= 15 is 0 Å². The van der Waals surface area contributed by atoms with Crippen LogP contribution in [0.3, 0.4) is 0 Å². The molecule has 0 aromatic rings. The molecule has 2 aliphatic rings. The van der Waals surface area contributed by atoms with Crippen molar-refractivity contribution in [3.63, 3.8) is 0 Å². The number of hydrogen-bond donors (Lipinski definition) is 1. The molecule has 2 heteroatoms. The molecule has 0 aromatic carbocycles. The second-order valence-corrected chi connectivity index (χ2v) is 4.88. The fourth-order valence-corrected chi connectivity index (χ4v) is 3.00. The van der Waals surface area contributed by atoms with Crippen LogP contribution >= 0.6 is 0 Å². The van der Waals surface area contributed by atoms with Crippen molar-refractivity contribution in [2.45, 2.75) is 33.6 Å². The zero-order valence-corrected chi connectivity index (χ0v) is 9.71. The Morgan fingerprint density at radius 3 is 2.53 bits per heavy atom. The van der Waals surface area contributed by atoms with E-state index < -0.39 is 0 Å². The minimum absolute atomic E-state index is 0.157. The van der Waals surface area contributed by atoms with E-state index in [0.717, 1.165) is 0 Å². The van der Waals surface area contributed by atoms with Gasteiger partial charge in [0.25, 0.3) is 0 Å². The van der Waals surface area contributed by atoms with Gasteiger partial charge >= 0.3 is 0 Å². The maximum atomic E-state index is 11.4. The zero-order chi connectivity index (χ0) is 11.0. The first-order valence-electron chi connectivity index (χ1n) is 5.79. The Balaban J connectivity index is 2.24. The highest BCUT2D eigenvalue weighted by atomic mass is 16.1. The molecule has 2 unspecified atom stereocenters. The minimum Gasteiger partial charge on any atom is -0.329 e. The largest absolute Gasteiger partial charge is 0.329 e. The summed E-state index contributed by atoms with van der Waals surface area (Å²) in [6.07, 6.45) is 5.94. The summed E-state index contributed by atoms with van der Waals surface area (Å²) in [5, 5.41) is 3.04. The third kappa shape index (κ3) is 1.73. The molecule has 1 saturated carbocycles. The van der Waals surface area contributed by atoms with Gasteiger partial charge in [0, 0.05) is 11.6 Å². The highest BCUT2D eigenvalue weighted by molar-refractivity contribution is 5.85. The summed E-state index contributed by atoms with van der Waals surface area (Å²) < 4.78 is 0. The fraction of sp³-hybridized carbons (Fsp3) is 0.615. The van der Waals surface area contributed by atoms with Gasteiger partial charge in [-0.1, -0.05) is 26.0 Å². The van der Waals surface area contributed by atoms with Crippen LogP contribution in [0.25, 0.3) is 0 Å². The van der Waals surface area contributed by atoms with E-state index in [0.29, 0.717) is 24.2 Å². The molecular formula is C13H19NO. The average Bonchev–Trinajstić information content (AvgIpc) is 2.47. The van der Waals surface area contributed by atoms with Crippen LogP contribution in [0.1, 0.15) is 33.6 Å². The predicted octanol–water partition coefficient (Wildman–Crippen LogP) is 2.63. The molecule has 0 bridgehead atoms. The molecule has 0 saturated heterocycles. The van der Waals surface area contributed by atoms with Gasteiger partial charge in [0.05, 0.1) is 6.42 Å². The molecule has 1 aliphatic carbocycles. The maximum absolute atomic E-state index is 11.4. The summed E-state index contributed by atoms with van der Waals surface area (Å²) in [5.41, 5.74) is 2.40. The fourth-order valence-electron chi connectivity index (χ4n) is 3.00. The first-order valence-corrected chi connectivity index (χ1v) is 5.79. The molecular weight excluding hydrogens is 186 g/mol. The van der Waals surface area contributed by atoms with Crippen molar-refractivity contribution in [3.8, 4) is 0 Å². The Morgan fingerprint density at radius 2 is 2.00 bits per heavy atom. The molecule has 15 heavy (non-hydrogen) atoms. The summed E-state index contributed by atoms with van der Waals surface area (Å²) in [7, 11) is 0. The lowest BCUT2D eigenvalue weighted by molar-refractivity contribution is -0.119. The van der Waals surface area contributed by atoms with Crippen molar-refractivity contribution >= 4 is 5.91 Å². The van der Waals surface area contributed by atoms with Gasteiger partial charge in [0.1, 0.15) is 0 Å². The lowest BCUT2D eigenvalue weighted by atomic mass is 9.64. The Bertz CT molecular complexity index is 332. The van der Waals surface area contributed by atoms with Crippen LogP contribution in [0, 0.1) is 17.8 Å². The van der Waals surface area contributed by atoms with Gasteiger partial charge in [0.2, 0.25) is 5.91 Å². The van der Waals surface area contributed by atoms with Gasteiger partial charge in [-0.05, 0) is 30.8 Å². The molecule has 0 spiro atoms. The molecule has 2 nitrogen and oxygen atoms in total. The van der Waals surface area contributed by atoms with E-state index in [1.807, 2.05) is 13.0 Å². The van der Waals surface area contributed by atoms with Gasteiger partial charge in [-0.3, -0.25) is 4.79 Å². The Kier molecular flexibility index (Phi) is 2.68. The molecule has 1 N–H and O–H groups in total. The van der Waals surface area contributed by atoms with Crippen molar-refractivity contribution < 1.29 is 4.79 Å². The van der Waals surface area contributed by atoms with E-state index in [4.69, 9.17) is 0 Å². The van der Waals surface area contributed by atoms with Gasteiger partial charge in [0.15, 0.2) is 0 Å². The Morgan fingerprint density at radius 1 is 1.33 bits per heavy atom. The summed E-state index contributed by atoms with van der Waals surface area (Å²) in [6.45, 7) is 6.55. The van der Waals surface area contributed by atoms with Crippen LogP contribution in [0.5, 0.6) is 0 Å². The molecule has 2 atom stereocenters. The summed E-state index contributed by atoms with van der Waals surface area (Å²) in [4.78, 5) is 11.4. The molecule has 82 valence electrons. The highest BCUT2D eigenvalue weighted by Gasteiger charge is 2.40. The second-order valence-electron chi connectivity index (χ2n) is 4.88. The zero-order valence-electron chi connectivity index (χ0n) is 9.71. The van der Waals surface area contributed by atoms with Crippen LogP contribution in [0.2, 0.25) is 0 Å². The first kappa shape index (κ1) is 10.5. The quantitative estimate of drug-likeness (QED) is 0.737. The lowest BCUT2D eigenvalue weighted by Gasteiger charge is -2.42. The number of carbonyl (C=O) groups excluding carboxylic acids is 1. The molecule has 1 aliphatic heterocycles. The maximum Gasteiger partial charge on any atom is 0.228 e. The number of nitrogens with one attached hydrogen (secondary N) is 1. The molecule has 0 aromatic heterocycles. The van der Waals surface area contributed by atoms with Crippen molar-refractivity contribution in [1.82, 2.24) is 5.32 Å². The summed E-state index contributed by atoms with van der Waals surface area (Å²) in [6, 6.07) is 0. The van der Waals surface area contributed by atoms with Crippen LogP contribution in [-0.4, -0.2) is 5.91 Å². The number of allylic oxidation sites excluding steroid dienone is 3. The van der Waals surface area contributed by atoms with Crippen molar-refractivity contribution in [2.75, 3.05) is 0 Å². The van der Waals surface area contributed by atoms with Gasteiger partial charge < -0.3 is 5.32 Å². The van der Waals surface area contributed by atoms with Crippen molar-refractivity contribution in [2.24, 2.45) is 17.8 Å². The summed E-state index contributed by atoms with van der Waals surface area (Å²) in [5.74, 6) is 2.16. The minimum atomic E-state index is 0.157. The smallest absolute Gasteiger partial charge is 0.228 e. The van der Waals surface area contributed by atoms with Gasteiger partial charge in [-0.15, -0.1) is 0 Å². The number of carbonyl (C=O) groups is 1. The second kappa shape index (κ2) is 3.84. The predicted molar refractivity (Wildman–Crippen MR) is 61.0 cm³/mol. The van der Waals surface area contributed by atoms with Crippen molar-refractivity contribution in [3.05, 3.63) is 23.4 Å². The number of hydrogen-bond acceptors (Lipinski definition) is 1. The van der Waals surface area contributed by atoms with Crippen molar-refractivity contribution in [1.29, 1.82) is 0 Å². The third-order valence-electron chi connectivity index (χ3n) is 3.64. The Labute approximate surface area is 91.4 Å². The van der Waals surface area contributed by atoms with Crippen LogP contribution < -0.4 is 5.32 Å². The normalized spacial score (nSPS) is 35.9. The third-order valence-corrected chi connectivity index (χ3v) is 3.64. The number of rotatable bonds is 2. The van der Waals surface area contributed by atoms with Gasteiger partial charge in [-0.2, -0.15) is 0 Å². The average molecular weight is 205 g/mol. The Hall–Kier alpha value is -1.05. The lowest BCUT2D eigenvalue weighted by Crippen LogP contribution is -2.38. The van der Waals surface area contributed by atoms with Crippen LogP contribution in [0.15, 0.2) is 23.4 Å². The van der Waals surface area contributed by atoms with E-state index in [-0.39, 0.29) is 5.91 Å². The standard InChI is InChI=1S/C13H19NO/c1-4-5-10-7-11(15)14-13(10)12-8(2)6-9(12)3/h4-5,8-9,12H,6-7H2,1-3H3,(H,14,15)/b5-4-. The van der Waals surface area contributed by atoms with E-state index in [2.05, 4.69) is 25.2 Å². The molecule has 1 heterocycles. The molecule has 2 rings (SSSR count). The van der Waals surface area contributed by atoms with Crippen LogP contribution in [0.4, 0.5) is 0 Å². The highest BCUT2D eigenvalue weighted by Crippen LogP contribution is 2.45. The molecule has 0 radical (unpaired) electrons. The SMILES string of the molecule is C/C=C\C1=C(C2C(C)CC2C)NC(=O)C1. The molecule has 1 amide bonds. The van der Waals surface area contributed by atoms with E-state index in [9.17, 15) is 4.79 Å². The molecule has 1 fully saturated rings. The monoisotopic (exact) mass is 205 g/mol. The van der Waals surface area contributed by atoms with Gasteiger partial charge in [-0.25, -0.2) is 0 Å². The summed E-state index contributed by atoms with van der Waals surface area (Å²) >= 11 is 0. The van der Waals surface area contributed by atoms with E-state index in [1.54, 1.807) is 0 Å². The first-order chi connectivity index (χ1) is 7.13. The van der Waals surface area contributed by atoms with E-state index in [1.165, 1.54) is 17.7 Å². The topological polar surface area (TPSA) is 29.1 Å². The van der Waals surface area contributed by atoms with Crippen LogP contribution in [-0.2, 0) is 4.79 Å². The number of amides is 1.